The van der Waals surface area contributed by atoms with Crippen LogP contribution in [0.4, 0.5) is 0 Å². The van der Waals surface area contributed by atoms with Crippen molar-refractivity contribution in [1.29, 1.82) is 0 Å². The van der Waals surface area contributed by atoms with Gasteiger partial charge in [0.05, 0.1) is 5.56 Å². The summed E-state index contributed by atoms with van der Waals surface area (Å²) in [5.74, 6) is 0. The number of hydrogen-bond acceptors (Lipinski definition) is 2. The van der Waals surface area contributed by atoms with Crippen molar-refractivity contribution in [2.24, 2.45) is 0 Å². The molecular weight excluding hydrogens is 228 g/mol. The van der Waals surface area contributed by atoms with Crippen molar-refractivity contribution < 1.29 is 0 Å². The van der Waals surface area contributed by atoms with Crippen LogP contribution in [-0.4, -0.2) is 9.55 Å². The van der Waals surface area contributed by atoms with Gasteiger partial charge in [0.2, 0.25) is 0 Å². The first-order chi connectivity index (χ1) is 7.65. The summed E-state index contributed by atoms with van der Waals surface area (Å²) in [5, 5.41) is 0.201. The maximum Gasteiger partial charge on any atom is 0.329 e. The molecule has 1 heterocycles. The van der Waals surface area contributed by atoms with Gasteiger partial charge in [-0.3, -0.25) is 14.3 Å². The number of rotatable bonds is 3. The van der Waals surface area contributed by atoms with Crippen LogP contribution in [0.5, 0.6) is 0 Å². The van der Waals surface area contributed by atoms with Crippen LogP contribution in [0.3, 0.4) is 0 Å². The monoisotopic (exact) mass is 242 g/mol. The third-order valence-corrected chi connectivity index (χ3v) is 3.44. The average Bonchev–Trinajstić information content (AvgIpc) is 2.16. The Kier molecular flexibility index (Phi) is 3.19. The second kappa shape index (κ2) is 4.45. The minimum Gasteiger partial charge on any atom is -0.297 e. The molecule has 0 spiro atoms. The molecule has 0 aromatic carbocycles. The van der Waals surface area contributed by atoms with E-state index in [-0.39, 0.29) is 22.4 Å². The molecular formula is C11H15ClN2O2. The van der Waals surface area contributed by atoms with Crippen molar-refractivity contribution in [3.8, 4) is 0 Å². The maximum atomic E-state index is 12.1. The van der Waals surface area contributed by atoms with Crippen LogP contribution in [0.25, 0.3) is 0 Å². The fraction of sp³-hybridized carbons (Fsp3) is 0.636. The van der Waals surface area contributed by atoms with Gasteiger partial charge in [-0.25, -0.2) is 4.79 Å². The highest BCUT2D eigenvalue weighted by atomic mass is 35.5. The fourth-order valence-electron chi connectivity index (χ4n) is 2.00. The van der Waals surface area contributed by atoms with Crippen LogP contribution in [0.2, 0.25) is 5.15 Å². The molecule has 88 valence electrons. The molecule has 1 aliphatic carbocycles. The van der Waals surface area contributed by atoms with Crippen LogP contribution in [0.15, 0.2) is 9.59 Å². The zero-order valence-corrected chi connectivity index (χ0v) is 10.0. The number of aromatic amines is 1. The van der Waals surface area contributed by atoms with E-state index in [0.717, 1.165) is 25.7 Å². The summed E-state index contributed by atoms with van der Waals surface area (Å²) in [6.45, 7) is 1.98. The van der Waals surface area contributed by atoms with E-state index in [0.29, 0.717) is 12.0 Å². The standard InChI is InChI=1S/C11H15ClN2O2/c1-2-4-8-9(12)13-11(16)14(10(8)15)7-5-3-6-7/h7H,2-6H2,1H3,(H,13,16). The molecule has 0 amide bonds. The van der Waals surface area contributed by atoms with Crippen molar-refractivity contribution >= 4 is 11.6 Å². The molecule has 0 unspecified atom stereocenters. The van der Waals surface area contributed by atoms with E-state index in [9.17, 15) is 9.59 Å². The van der Waals surface area contributed by atoms with Crippen LogP contribution < -0.4 is 11.2 Å². The third-order valence-electron chi connectivity index (χ3n) is 3.12. The zero-order chi connectivity index (χ0) is 11.7. The van der Waals surface area contributed by atoms with E-state index in [1.807, 2.05) is 6.92 Å². The average molecular weight is 243 g/mol. The summed E-state index contributed by atoms with van der Waals surface area (Å²) in [7, 11) is 0. The van der Waals surface area contributed by atoms with E-state index in [4.69, 9.17) is 11.6 Å². The molecule has 0 aliphatic heterocycles. The predicted octanol–water partition coefficient (Wildman–Crippen LogP) is 1.87. The van der Waals surface area contributed by atoms with E-state index in [1.54, 1.807) is 0 Å². The minimum atomic E-state index is -0.375. The Morgan fingerprint density at radius 3 is 2.62 bits per heavy atom. The summed E-state index contributed by atoms with van der Waals surface area (Å²) < 4.78 is 1.33. The highest BCUT2D eigenvalue weighted by Gasteiger charge is 2.24. The van der Waals surface area contributed by atoms with Gasteiger partial charge in [-0.15, -0.1) is 0 Å². The Hall–Kier alpha value is -1.03. The van der Waals surface area contributed by atoms with Gasteiger partial charge in [-0.1, -0.05) is 24.9 Å². The van der Waals surface area contributed by atoms with Crippen LogP contribution in [-0.2, 0) is 6.42 Å². The van der Waals surface area contributed by atoms with E-state index < -0.39 is 0 Å². The van der Waals surface area contributed by atoms with Crippen LogP contribution in [0, 0.1) is 0 Å². The molecule has 1 N–H and O–H groups in total. The summed E-state index contributed by atoms with van der Waals surface area (Å²) in [4.78, 5) is 26.3. The molecule has 0 radical (unpaired) electrons. The van der Waals surface area contributed by atoms with Gasteiger partial charge in [0, 0.05) is 6.04 Å². The molecule has 4 nitrogen and oxygen atoms in total. The lowest BCUT2D eigenvalue weighted by molar-refractivity contribution is 0.295. The highest BCUT2D eigenvalue weighted by molar-refractivity contribution is 6.30. The Labute approximate surface area is 98.3 Å². The minimum absolute atomic E-state index is 0.0733. The van der Waals surface area contributed by atoms with Crippen molar-refractivity contribution in [2.45, 2.75) is 45.1 Å². The van der Waals surface area contributed by atoms with Crippen molar-refractivity contribution in [3.05, 3.63) is 31.6 Å². The molecule has 5 heteroatoms. The molecule has 16 heavy (non-hydrogen) atoms. The molecule has 1 aromatic heterocycles. The molecule has 1 fully saturated rings. The lowest BCUT2D eigenvalue weighted by Crippen LogP contribution is -2.42. The summed E-state index contributed by atoms with van der Waals surface area (Å²) in [5.41, 5.74) is -0.0458. The molecule has 1 saturated carbocycles. The number of nitrogens with one attached hydrogen (secondary N) is 1. The van der Waals surface area contributed by atoms with Gasteiger partial charge >= 0.3 is 5.69 Å². The Morgan fingerprint density at radius 1 is 1.44 bits per heavy atom. The fourth-order valence-corrected chi connectivity index (χ4v) is 2.26. The van der Waals surface area contributed by atoms with E-state index >= 15 is 0 Å². The van der Waals surface area contributed by atoms with E-state index in [1.165, 1.54) is 4.57 Å². The van der Waals surface area contributed by atoms with Gasteiger partial charge in [-0.05, 0) is 25.7 Å². The summed E-state index contributed by atoms with van der Waals surface area (Å²) in [6.07, 6.45) is 4.36. The number of hydrogen-bond donors (Lipinski definition) is 1. The molecule has 2 rings (SSSR count). The Bertz CT molecular complexity index is 500. The number of aromatic nitrogens is 2. The second-order valence-corrected chi connectivity index (χ2v) is 4.61. The normalized spacial score (nSPS) is 16.1. The van der Waals surface area contributed by atoms with Gasteiger partial charge < -0.3 is 0 Å². The maximum absolute atomic E-state index is 12.1. The molecule has 1 aliphatic rings. The zero-order valence-electron chi connectivity index (χ0n) is 9.25. The Balaban J connectivity index is 2.55. The largest absolute Gasteiger partial charge is 0.329 e. The molecule has 1 aromatic rings. The lowest BCUT2D eigenvalue weighted by Gasteiger charge is -2.27. The molecule has 0 bridgehead atoms. The van der Waals surface area contributed by atoms with Gasteiger partial charge in [0.15, 0.2) is 0 Å². The smallest absolute Gasteiger partial charge is 0.297 e. The number of halogens is 1. The SMILES string of the molecule is CCCc1c(Cl)[nH]c(=O)n(C2CCC2)c1=O. The van der Waals surface area contributed by atoms with Crippen molar-refractivity contribution in [1.82, 2.24) is 9.55 Å². The third kappa shape index (κ3) is 1.82. The first-order valence-corrected chi connectivity index (χ1v) is 6.06. The van der Waals surface area contributed by atoms with Gasteiger partial charge in [-0.2, -0.15) is 0 Å². The van der Waals surface area contributed by atoms with Crippen molar-refractivity contribution in [2.75, 3.05) is 0 Å². The first kappa shape index (κ1) is 11.5. The quantitative estimate of drug-likeness (QED) is 0.823. The summed E-state index contributed by atoms with van der Waals surface area (Å²) >= 11 is 5.88. The highest BCUT2D eigenvalue weighted by Crippen LogP contribution is 2.29. The van der Waals surface area contributed by atoms with Crippen molar-refractivity contribution in [3.63, 3.8) is 0 Å². The number of H-pyrrole nitrogens is 1. The van der Waals surface area contributed by atoms with Gasteiger partial charge in [0.25, 0.3) is 5.56 Å². The van der Waals surface area contributed by atoms with Crippen LogP contribution in [0.1, 0.15) is 44.2 Å². The second-order valence-electron chi connectivity index (χ2n) is 4.23. The van der Waals surface area contributed by atoms with E-state index in [2.05, 4.69) is 4.98 Å². The Morgan fingerprint density at radius 2 is 2.12 bits per heavy atom. The number of nitrogens with zero attached hydrogens (tertiary/aromatic N) is 1. The first-order valence-electron chi connectivity index (χ1n) is 5.68. The van der Waals surface area contributed by atoms with Gasteiger partial charge in [0.1, 0.15) is 5.15 Å². The topological polar surface area (TPSA) is 54.9 Å². The molecule has 0 atom stereocenters. The summed E-state index contributed by atoms with van der Waals surface area (Å²) in [6, 6.07) is 0.0733. The van der Waals surface area contributed by atoms with Crippen LogP contribution >= 0.6 is 11.6 Å². The molecule has 0 saturated heterocycles. The lowest BCUT2D eigenvalue weighted by atomic mass is 9.93. The predicted molar refractivity (Wildman–Crippen MR) is 63.2 cm³/mol.